The molecule has 0 aliphatic carbocycles. The van der Waals surface area contributed by atoms with Crippen molar-refractivity contribution in [2.75, 3.05) is 13.1 Å². The van der Waals surface area contributed by atoms with E-state index in [1.54, 1.807) is 6.20 Å². The molecule has 0 unspecified atom stereocenters. The number of nitrogens with one attached hydrogen (secondary N) is 1. The summed E-state index contributed by atoms with van der Waals surface area (Å²) in [5.74, 6) is 0.0503. The van der Waals surface area contributed by atoms with E-state index in [2.05, 4.69) is 40.1 Å². The Morgan fingerprint density at radius 3 is 2.90 bits per heavy atom. The predicted octanol–water partition coefficient (Wildman–Crippen LogP) is 4.66. The summed E-state index contributed by atoms with van der Waals surface area (Å²) < 4.78 is 0. The van der Waals surface area contributed by atoms with Crippen LogP contribution in [-0.4, -0.2) is 38.8 Å². The second kappa shape index (κ2) is 6.85. The number of aromatic nitrogens is 3. The number of aryl methyl sites for hydroxylation is 2. The molecule has 29 heavy (non-hydrogen) atoms. The van der Waals surface area contributed by atoms with Crippen molar-refractivity contribution < 1.29 is 4.79 Å². The van der Waals surface area contributed by atoms with Gasteiger partial charge in [-0.05, 0) is 56.2 Å². The molecule has 0 bridgehead atoms. The van der Waals surface area contributed by atoms with Crippen molar-refractivity contribution in [3.63, 3.8) is 0 Å². The number of hydrogen-bond donors (Lipinski definition) is 1. The topological polar surface area (TPSA) is 61.9 Å². The van der Waals surface area contributed by atoms with E-state index in [1.807, 2.05) is 42.3 Å². The van der Waals surface area contributed by atoms with Crippen LogP contribution in [0.3, 0.4) is 0 Å². The summed E-state index contributed by atoms with van der Waals surface area (Å²) in [6, 6.07) is 12.2. The summed E-state index contributed by atoms with van der Waals surface area (Å²) >= 11 is 0. The van der Waals surface area contributed by atoms with Gasteiger partial charge in [-0.3, -0.25) is 9.78 Å². The van der Waals surface area contributed by atoms with Gasteiger partial charge < -0.3 is 9.88 Å². The number of aromatic amines is 1. The van der Waals surface area contributed by atoms with Crippen LogP contribution in [0.15, 0.2) is 54.9 Å². The molecule has 5 nitrogen and oxygen atoms in total. The molecule has 1 aliphatic rings. The number of carbonyl (C=O) groups is 1. The van der Waals surface area contributed by atoms with Crippen LogP contribution in [-0.2, 0) is 0 Å². The average molecular weight is 382 g/mol. The number of nitrogens with zero attached hydrogens (tertiary/aromatic N) is 3. The Balaban J connectivity index is 1.42. The van der Waals surface area contributed by atoms with Crippen molar-refractivity contribution in [1.82, 2.24) is 19.9 Å². The largest absolute Gasteiger partial charge is 0.346 e. The lowest BCUT2D eigenvalue weighted by molar-refractivity contribution is 0.0772. The van der Waals surface area contributed by atoms with Crippen LogP contribution in [0.1, 0.15) is 33.6 Å². The molecule has 4 aromatic rings. The predicted molar refractivity (Wildman–Crippen MR) is 116 cm³/mol. The molecule has 5 rings (SSSR count). The van der Waals surface area contributed by atoms with Crippen LogP contribution in [0, 0.1) is 13.8 Å². The Bertz CT molecular complexity index is 1280. The van der Waals surface area contributed by atoms with Gasteiger partial charge >= 0.3 is 0 Å². The number of fused-ring (bicyclic) bond motifs is 2. The van der Waals surface area contributed by atoms with Gasteiger partial charge in [0.05, 0.1) is 16.8 Å². The fourth-order valence-electron chi connectivity index (χ4n) is 4.10. The lowest BCUT2D eigenvalue weighted by Gasteiger charge is -2.27. The van der Waals surface area contributed by atoms with Crippen LogP contribution in [0.2, 0.25) is 0 Å². The fourth-order valence-corrected chi connectivity index (χ4v) is 4.10. The standard InChI is InChI=1S/C24H22N4O/c1-15-5-6-22-18(12-15)13-20(16(2)27-22)24(29)28-10-7-17(8-11-28)21-14-26-23-19(21)4-3-9-25-23/h3-7,9,12-14H,8,10-11H2,1-2H3,(H,25,26). The van der Waals surface area contributed by atoms with Gasteiger partial charge in [-0.15, -0.1) is 0 Å². The molecule has 3 aromatic heterocycles. The Labute approximate surface area is 169 Å². The number of amides is 1. The summed E-state index contributed by atoms with van der Waals surface area (Å²) in [5, 5.41) is 2.14. The highest BCUT2D eigenvalue weighted by Gasteiger charge is 2.22. The fraction of sp³-hybridized carbons (Fsp3) is 0.208. The number of pyridine rings is 2. The normalized spacial score (nSPS) is 14.4. The van der Waals surface area contributed by atoms with Crippen molar-refractivity contribution in [2.45, 2.75) is 20.3 Å². The summed E-state index contributed by atoms with van der Waals surface area (Å²) in [7, 11) is 0. The van der Waals surface area contributed by atoms with Gasteiger partial charge in [0.15, 0.2) is 0 Å². The highest BCUT2D eigenvalue weighted by atomic mass is 16.2. The van der Waals surface area contributed by atoms with Gasteiger partial charge in [-0.1, -0.05) is 17.7 Å². The summed E-state index contributed by atoms with van der Waals surface area (Å²) in [5.41, 5.74) is 6.91. The van der Waals surface area contributed by atoms with Crippen molar-refractivity contribution in [3.05, 3.63) is 77.3 Å². The number of benzene rings is 1. The summed E-state index contributed by atoms with van der Waals surface area (Å²) in [4.78, 5) is 27.3. The van der Waals surface area contributed by atoms with E-state index in [0.29, 0.717) is 18.7 Å². The van der Waals surface area contributed by atoms with E-state index >= 15 is 0 Å². The zero-order valence-electron chi connectivity index (χ0n) is 16.6. The van der Waals surface area contributed by atoms with Gasteiger partial charge in [-0.25, -0.2) is 4.98 Å². The highest BCUT2D eigenvalue weighted by molar-refractivity contribution is 5.99. The number of rotatable bonds is 2. The maximum atomic E-state index is 13.2. The van der Waals surface area contributed by atoms with E-state index in [1.165, 1.54) is 16.7 Å². The smallest absolute Gasteiger partial charge is 0.256 e. The first-order chi connectivity index (χ1) is 14.1. The van der Waals surface area contributed by atoms with E-state index in [9.17, 15) is 4.79 Å². The molecule has 0 radical (unpaired) electrons. The van der Waals surface area contributed by atoms with Crippen LogP contribution >= 0.6 is 0 Å². The molecule has 1 N–H and O–H groups in total. The molecule has 5 heteroatoms. The molecular weight excluding hydrogens is 360 g/mol. The van der Waals surface area contributed by atoms with Crippen LogP contribution < -0.4 is 0 Å². The van der Waals surface area contributed by atoms with Gasteiger partial charge in [0.25, 0.3) is 5.91 Å². The third kappa shape index (κ3) is 3.09. The average Bonchev–Trinajstić information content (AvgIpc) is 3.17. The van der Waals surface area contributed by atoms with E-state index < -0.39 is 0 Å². The second-order valence-corrected chi connectivity index (χ2v) is 7.65. The lowest BCUT2D eigenvalue weighted by Crippen LogP contribution is -2.35. The first-order valence-corrected chi connectivity index (χ1v) is 9.89. The third-order valence-corrected chi connectivity index (χ3v) is 5.68. The molecular formula is C24H22N4O. The minimum atomic E-state index is 0.0503. The zero-order chi connectivity index (χ0) is 20.0. The first kappa shape index (κ1) is 17.6. The molecule has 4 heterocycles. The highest BCUT2D eigenvalue weighted by Crippen LogP contribution is 2.29. The van der Waals surface area contributed by atoms with Gasteiger partial charge in [0, 0.05) is 41.8 Å². The molecule has 1 amide bonds. The zero-order valence-corrected chi connectivity index (χ0v) is 16.6. The SMILES string of the molecule is Cc1ccc2nc(C)c(C(=O)N3CC=C(c4c[nH]c5ncccc45)CC3)cc2c1. The lowest BCUT2D eigenvalue weighted by atomic mass is 9.99. The molecule has 144 valence electrons. The van der Waals surface area contributed by atoms with Crippen LogP contribution in [0.25, 0.3) is 27.5 Å². The molecule has 0 atom stereocenters. The molecule has 0 saturated heterocycles. The quantitative estimate of drug-likeness (QED) is 0.549. The van der Waals surface area contributed by atoms with Gasteiger partial charge in [-0.2, -0.15) is 0 Å². The minimum Gasteiger partial charge on any atom is -0.346 e. The maximum Gasteiger partial charge on any atom is 0.256 e. The number of H-pyrrole nitrogens is 1. The Hall–Kier alpha value is -3.47. The van der Waals surface area contributed by atoms with E-state index in [0.717, 1.165) is 34.1 Å². The van der Waals surface area contributed by atoms with Crippen LogP contribution in [0.5, 0.6) is 0 Å². The van der Waals surface area contributed by atoms with Crippen molar-refractivity contribution in [2.24, 2.45) is 0 Å². The van der Waals surface area contributed by atoms with Gasteiger partial charge in [0.1, 0.15) is 5.65 Å². The summed E-state index contributed by atoms with van der Waals surface area (Å²) in [6.45, 7) is 5.27. The Morgan fingerprint density at radius 1 is 1.17 bits per heavy atom. The first-order valence-electron chi connectivity index (χ1n) is 9.89. The van der Waals surface area contributed by atoms with E-state index in [4.69, 9.17) is 0 Å². The minimum absolute atomic E-state index is 0.0503. The monoisotopic (exact) mass is 382 g/mol. The van der Waals surface area contributed by atoms with Crippen molar-refractivity contribution >= 4 is 33.4 Å². The Morgan fingerprint density at radius 2 is 2.07 bits per heavy atom. The van der Waals surface area contributed by atoms with Crippen molar-refractivity contribution in [1.29, 1.82) is 0 Å². The number of carbonyl (C=O) groups excluding carboxylic acids is 1. The molecule has 0 fully saturated rings. The third-order valence-electron chi connectivity index (χ3n) is 5.68. The van der Waals surface area contributed by atoms with E-state index in [-0.39, 0.29) is 5.91 Å². The Kier molecular flexibility index (Phi) is 4.16. The molecule has 0 spiro atoms. The maximum absolute atomic E-state index is 13.2. The molecule has 0 saturated carbocycles. The molecule has 1 aliphatic heterocycles. The summed E-state index contributed by atoms with van der Waals surface area (Å²) in [6.07, 6.45) is 6.79. The second-order valence-electron chi connectivity index (χ2n) is 7.65. The van der Waals surface area contributed by atoms with Crippen LogP contribution in [0.4, 0.5) is 0 Å². The number of hydrogen-bond acceptors (Lipinski definition) is 3. The van der Waals surface area contributed by atoms with Crippen molar-refractivity contribution in [3.8, 4) is 0 Å². The molecule has 1 aromatic carbocycles. The van der Waals surface area contributed by atoms with Gasteiger partial charge in [0.2, 0.25) is 0 Å².